The molecule has 1 spiro atoms. The van der Waals surface area contributed by atoms with E-state index in [0.29, 0.717) is 51.2 Å². The summed E-state index contributed by atoms with van der Waals surface area (Å²) in [5, 5.41) is 0. The fraction of sp³-hybridized carbons (Fsp3) is 0.519. The number of likely N-dealkylation sites (tertiary alicyclic amines) is 1. The first-order valence-electron chi connectivity index (χ1n) is 12.2. The van der Waals surface area contributed by atoms with Crippen molar-refractivity contribution in [2.24, 2.45) is 5.41 Å². The zero-order valence-electron chi connectivity index (χ0n) is 19.9. The molecule has 1 aromatic carbocycles. The lowest BCUT2D eigenvalue weighted by molar-refractivity contribution is -0.145. The topological polar surface area (TPSA) is 62.7 Å². The minimum absolute atomic E-state index is 0.0217. The summed E-state index contributed by atoms with van der Waals surface area (Å²) >= 11 is 0. The van der Waals surface area contributed by atoms with Crippen LogP contribution in [-0.2, 0) is 11.2 Å². The second-order valence-corrected chi connectivity index (χ2v) is 9.26. The summed E-state index contributed by atoms with van der Waals surface area (Å²) in [7, 11) is 0. The number of carbonyl (C=O) groups excluding carboxylic acids is 2. The van der Waals surface area contributed by atoms with Gasteiger partial charge in [-0.25, -0.2) is 0 Å². The Morgan fingerprint density at radius 1 is 1.06 bits per heavy atom. The molecule has 33 heavy (non-hydrogen) atoms. The molecule has 2 aliphatic heterocycles. The lowest BCUT2D eigenvalue weighted by Gasteiger charge is -2.43. The Balaban J connectivity index is 1.49. The molecule has 6 nitrogen and oxygen atoms in total. The van der Waals surface area contributed by atoms with E-state index in [4.69, 9.17) is 4.74 Å². The highest BCUT2D eigenvalue weighted by molar-refractivity contribution is 5.95. The highest BCUT2D eigenvalue weighted by atomic mass is 16.5. The number of aryl methyl sites for hydroxylation is 2. The molecular weight excluding hydrogens is 414 g/mol. The van der Waals surface area contributed by atoms with Crippen LogP contribution >= 0.6 is 0 Å². The number of hydrogen-bond donors (Lipinski definition) is 0. The Hall–Kier alpha value is -2.89. The van der Waals surface area contributed by atoms with Crippen molar-refractivity contribution in [2.45, 2.75) is 52.4 Å². The van der Waals surface area contributed by atoms with E-state index in [1.807, 2.05) is 41.8 Å². The quantitative estimate of drug-likeness (QED) is 0.687. The van der Waals surface area contributed by atoms with Crippen molar-refractivity contribution >= 4 is 11.8 Å². The fourth-order valence-corrected chi connectivity index (χ4v) is 5.22. The first-order chi connectivity index (χ1) is 16.0. The first-order valence-corrected chi connectivity index (χ1v) is 12.2. The van der Waals surface area contributed by atoms with E-state index >= 15 is 0 Å². The Labute approximate surface area is 196 Å². The number of hydrogen-bond acceptors (Lipinski definition) is 4. The SMILES string of the molecule is CCN1CCOc2ccccc2CCCCC2(CCN(C(=O)c3cccnc3C)CC2)C1=O. The normalized spacial score (nSPS) is 19.3. The lowest BCUT2D eigenvalue weighted by atomic mass is 9.73. The van der Waals surface area contributed by atoms with E-state index in [-0.39, 0.29) is 11.8 Å². The number of rotatable bonds is 2. The number of para-hydroxylation sites is 1. The molecular formula is C27H35N3O3. The summed E-state index contributed by atoms with van der Waals surface area (Å²) in [6.07, 6.45) is 6.99. The molecule has 0 aliphatic carbocycles. The third-order valence-electron chi connectivity index (χ3n) is 7.31. The molecule has 3 heterocycles. The van der Waals surface area contributed by atoms with E-state index in [0.717, 1.165) is 37.1 Å². The maximum Gasteiger partial charge on any atom is 0.255 e. The van der Waals surface area contributed by atoms with E-state index in [2.05, 4.69) is 17.1 Å². The van der Waals surface area contributed by atoms with Gasteiger partial charge >= 0.3 is 0 Å². The number of pyridine rings is 1. The fourth-order valence-electron chi connectivity index (χ4n) is 5.22. The predicted molar refractivity (Wildman–Crippen MR) is 128 cm³/mol. The molecule has 1 aromatic heterocycles. The summed E-state index contributed by atoms with van der Waals surface area (Å²) in [5.41, 5.74) is 2.26. The molecule has 0 saturated carbocycles. The van der Waals surface area contributed by atoms with Crippen LogP contribution in [0, 0.1) is 12.3 Å². The van der Waals surface area contributed by atoms with Gasteiger partial charge in [-0.05, 0) is 69.7 Å². The van der Waals surface area contributed by atoms with Crippen molar-refractivity contribution in [3.8, 4) is 5.75 Å². The molecule has 0 N–H and O–H groups in total. The van der Waals surface area contributed by atoms with Crippen molar-refractivity contribution in [3.05, 3.63) is 59.4 Å². The second-order valence-electron chi connectivity index (χ2n) is 9.26. The van der Waals surface area contributed by atoms with Gasteiger partial charge in [-0.2, -0.15) is 0 Å². The number of carbonyl (C=O) groups is 2. The third-order valence-corrected chi connectivity index (χ3v) is 7.31. The molecule has 1 saturated heterocycles. The number of fused-ring (bicyclic) bond motifs is 1. The average Bonchev–Trinajstić information content (AvgIpc) is 2.84. The molecule has 6 heteroatoms. The number of ether oxygens (including phenoxy) is 1. The third kappa shape index (κ3) is 5.05. The largest absolute Gasteiger partial charge is 0.491 e. The van der Waals surface area contributed by atoms with Gasteiger partial charge < -0.3 is 14.5 Å². The van der Waals surface area contributed by atoms with Crippen LogP contribution in [0.15, 0.2) is 42.6 Å². The molecule has 1 fully saturated rings. The Kier molecular flexibility index (Phi) is 7.31. The molecule has 0 radical (unpaired) electrons. The second kappa shape index (κ2) is 10.4. The van der Waals surface area contributed by atoms with Crippen LogP contribution in [0.25, 0.3) is 0 Å². The van der Waals surface area contributed by atoms with E-state index in [1.54, 1.807) is 12.3 Å². The number of likely N-dealkylation sites (N-methyl/N-ethyl adjacent to an activating group) is 1. The smallest absolute Gasteiger partial charge is 0.255 e. The van der Waals surface area contributed by atoms with E-state index < -0.39 is 5.41 Å². The van der Waals surface area contributed by atoms with Crippen LogP contribution in [0.5, 0.6) is 5.75 Å². The summed E-state index contributed by atoms with van der Waals surface area (Å²) in [4.78, 5) is 35.0. The van der Waals surface area contributed by atoms with Crippen molar-refractivity contribution in [3.63, 3.8) is 0 Å². The molecule has 2 aromatic rings. The highest BCUT2D eigenvalue weighted by Gasteiger charge is 2.43. The Morgan fingerprint density at radius 2 is 1.85 bits per heavy atom. The zero-order chi connectivity index (χ0) is 23.3. The monoisotopic (exact) mass is 449 g/mol. The molecule has 176 valence electrons. The van der Waals surface area contributed by atoms with Gasteiger partial charge in [0.2, 0.25) is 5.91 Å². The van der Waals surface area contributed by atoms with E-state index in [1.165, 1.54) is 5.56 Å². The van der Waals surface area contributed by atoms with Crippen LogP contribution < -0.4 is 4.74 Å². The zero-order valence-corrected chi connectivity index (χ0v) is 19.9. The summed E-state index contributed by atoms with van der Waals surface area (Å²) < 4.78 is 6.07. The maximum atomic E-state index is 13.8. The van der Waals surface area contributed by atoms with Crippen LogP contribution in [0.3, 0.4) is 0 Å². The molecule has 2 amide bonds. The van der Waals surface area contributed by atoms with Crippen molar-refractivity contribution in [1.29, 1.82) is 0 Å². The van der Waals surface area contributed by atoms with Gasteiger partial charge in [0, 0.05) is 31.5 Å². The predicted octanol–water partition coefficient (Wildman–Crippen LogP) is 4.27. The Morgan fingerprint density at radius 3 is 2.61 bits per heavy atom. The summed E-state index contributed by atoms with van der Waals surface area (Å²) in [5.74, 6) is 1.19. The van der Waals surface area contributed by atoms with Gasteiger partial charge in [-0.3, -0.25) is 14.6 Å². The van der Waals surface area contributed by atoms with Crippen LogP contribution in [0.2, 0.25) is 0 Å². The number of benzene rings is 1. The van der Waals surface area contributed by atoms with Gasteiger partial charge in [-0.15, -0.1) is 0 Å². The van der Waals surface area contributed by atoms with Crippen LogP contribution in [0.4, 0.5) is 0 Å². The van der Waals surface area contributed by atoms with Gasteiger partial charge in [0.15, 0.2) is 0 Å². The molecule has 0 bridgehead atoms. The minimum Gasteiger partial charge on any atom is -0.491 e. The van der Waals surface area contributed by atoms with Crippen LogP contribution in [0.1, 0.15) is 60.6 Å². The number of aromatic nitrogens is 1. The van der Waals surface area contributed by atoms with Crippen LogP contribution in [-0.4, -0.2) is 59.4 Å². The van der Waals surface area contributed by atoms with E-state index in [9.17, 15) is 9.59 Å². The number of nitrogens with zero attached hydrogens (tertiary/aromatic N) is 3. The van der Waals surface area contributed by atoms with Crippen molar-refractivity contribution < 1.29 is 14.3 Å². The molecule has 0 unspecified atom stereocenters. The Bertz CT molecular complexity index is 982. The lowest BCUT2D eigenvalue weighted by Crippen LogP contribution is -2.52. The highest BCUT2D eigenvalue weighted by Crippen LogP contribution is 2.39. The minimum atomic E-state index is -0.393. The standard InChI is InChI=1S/C27H35N3O3/c1-3-29-19-20-33-24-12-5-4-9-22(24)10-6-7-13-27(26(29)32)14-17-30(18-15-27)25(31)23-11-8-16-28-21(23)2/h4-5,8-9,11-12,16H,3,6-7,10,13-15,17-20H2,1-2H3. The van der Waals surface area contributed by atoms with Crippen molar-refractivity contribution in [1.82, 2.24) is 14.8 Å². The van der Waals surface area contributed by atoms with Gasteiger partial charge in [0.1, 0.15) is 12.4 Å². The number of piperidine rings is 1. The van der Waals surface area contributed by atoms with Crippen molar-refractivity contribution in [2.75, 3.05) is 32.8 Å². The number of amides is 2. The first kappa shape index (κ1) is 23.3. The summed E-state index contributed by atoms with van der Waals surface area (Å²) in [6, 6.07) is 11.9. The van der Waals surface area contributed by atoms with Gasteiger partial charge in [0.05, 0.1) is 17.5 Å². The molecule has 2 aliphatic rings. The van der Waals surface area contributed by atoms with Gasteiger partial charge in [-0.1, -0.05) is 24.6 Å². The van der Waals surface area contributed by atoms with Gasteiger partial charge in [0.25, 0.3) is 5.91 Å². The maximum absolute atomic E-state index is 13.8. The molecule has 4 rings (SSSR count). The average molecular weight is 450 g/mol. The summed E-state index contributed by atoms with van der Waals surface area (Å²) in [6.45, 7) is 6.87. The molecule has 0 atom stereocenters.